The van der Waals surface area contributed by atoms with Gasteiger partial charge in [0.15, 0.2) is 0 Å². The van der Waals surface area contributed by atoms with Gasteiger partial charge >= 0.3 is 0 Å². The Morgan fingerprint density at radius 2 is 1.83 bits per heavy atom. The van der Waals surface area contributed by atoms with E-state index in [0.717, 1.165) is 5.92 Å². The molecule has 2 fully saturated rings. The van der Waals surface area contributed by atoms with E-state index in [4.69, 9.17) is 0 Å². The van der Waals surface area contributed by atoms with Crippen LogP contribution >= 0.6 is 0 Å². The first-order valence-electron chi connectivity index (χ1n) is 5.44. The smallest absolute Gasteiger partial charge is 0.0212 e. The predicted molar refractivity (Wildman–Crippen MR) is 54.3 cm³/mol. The molecule has 72 valence electrons. The van der Waals surface area contributed by atoms with E-state index in [0.29, 0.717) is 5.54 Å². The Balaban J connectivity index is 0.000000336. The van der Waals surface area contributed by atoms with Crippen LogP contribution < -0.4 is 0 Å². The van der Waals surface area contributed by atoms with Crippen LogP contribution in [0.3, 0.4) is 0 Å². The van der Waals surface area contributed by atoms with Gasteiger partial charge in [0.1, 0.15) is 0 Å². The van der Waals surface area contributed by atoms with Gasteiger partial charge in [0.25, 0.3) is 0 Å². The first-order valence-corrected chi connectivity index (χ1v) is 5.44. The summed E-state index contributed by atoms with van der Waals surface area (Å²) in [5.74, 6) is 1.00. The van der Waals surface area contributed by atoms with Crippen molar-refractivity contribution < 1.29 is 0 Å². The lowest BCUT2D eigenvalue weighted by Gasteiger charge is -2.48. The third kappa shape index (κ3) is 1.52. The van der Waals surface area contributed by atoms with Crippen LogP contribution in [-0.4, -0.2) is 24.0 Å². The second kappa shape index (κ2) is 3.78. The summed E-state index contributed by atoms with van der Waals surface area (Å²) in [5.41, 5.74) is 0.680. The Bertz CT molecular complexity index is 136. The van der Waals surface area contributed by atoms with Crippen molar-refractivity contribution in [3.05, 3.63) is 0 Å². The molecule has 0 N–H and O–H groups in total. The Hall–Kier alpha value is -0.0400. The molecule has 12 heavy (non-hydrogen) atoms. The van der Waals surface area contributed by atoms with Crippen molar-refractivity contribution in [3.8, 4) is 0 Å². The molecule has 0 radical (unpaired) electrons. The van der Waals surface area contributed by atoms with Gasteiger partial charge in [0.2, 0.25) is 0 Å². The van der Waals surface area contributed by atoms with E-state index < -0.39 is 0 Å². The fourth-order valence-electron chi connectivity index (χ4n) is 2.83. The molecule has 0 atom stereocenters. The number of hydrogen-bond donors (Lipinski definition) is 0. The quantitative estimate of drug-likeness (QED) is 0.539. The number of hydrogen-bond acceptors (Lipinski definition) is 1. The number of nitrogens with zero attached hydrogens (tertiary/aromatic N) is 1. The molecule has 1 saturated heterocycles. The summed E-state index contributed by atoms with van der Waals surface area (Å²) in [6.07, 6.45) is 5.82. The average Bonchev–Trinajstić information content (AvgIpc) is 2.37. The van der Waals surface area contributed by atoms with Gasteiger partial charge < -0.3 is 4.90 Å². The minimum absolute atomic E-state index is 0.680. The molecule has 0 unspecified atom stereocenters. The molecular formula is C11H23N. The first-order chi connectivity index (χ1) is 5.73. The van der Waals surface area contributed by atoms with Gasteiger partial charge in [-0.2, -0.15) is 0 Å². The second-order valence-corrected chi connectivity index (χ2v) is 4.26. The van der Waals surface area contributed by atoms with Crippen molar-refractivity contribution in [1.82, 2.24) is 4.90 Å². The zero-order valence-electron chi connectivity index (χ0n) is 9.06. The Morgan fingerprint density at radius 1 is 1.25 bits per heavy atom. The van der Waals surface area contributed by atoms with Gasteiger partial charge in [0.05, 0.1) is 0 Å². The maximum absolute atomic E-state index is 2.58. The van der Waals surface area contributed by atoms with Gasteiger partial charge in [-0.05, 0) is 45.2 Å². The zero-order valence-corrected chi connectivity index (χ0v) is 9.06. The van der Waals surface area contributed by atoms with Crippen LogP contribution in [-0.2, 0) is 0 Å². The normalized spacial score (nSPS) is 40.5. The van der Waals surface area contributed by atoms with E-state index in [-0.39, 0.29) is 0 Å². The van der Waals surface area contributed by atoms with Crippen LogP contribution in [0.15, 0.2) is 0 Å². The highest BCUT2D eigenvalue weighted by Crippen LogP contribution is 2.47. The summed E-state index contributed by atoms with van der Waals surface area (Å²) in [5, 5.41) is 0. The molecule has 2 aliphatic rings. The van der Waals surface area contributed by atoms with Crippen LogP contribution in [0, 0.1) is 5.92 Å². The third-order valence-electron chi connectivity index (χ3n) is 3.40. The van der Waals surface area contributed by atoms with E-state index in [9.17, 15) is 0 Å². The predicted octanol–water partition coefficient (Wildman–Crippen LogP) is 2.91. The van der Waals surface area contributed by atoms with Crippen molar-refractivity contribution in [2.24, 2.45) is 5.92 Å². The van der Waals surface area contributed by atoms with Gasteiger partial charge in [-0.1, -0.05) is 20.8 Å². The van der Waals surface area contributed by atoms with Crippen molar-refractivity contribution in [2.45, 2.75) is 52.0 Å². The fraction of sp³-hybridized carbons (Fsp3) is 1.00. The van der Waals surface area contributed by atoms with Crippen LogP contribution in [0.1, 0.15) is 46.5 Å². The number of rotatable bonds is 0. The number of likely N-dealkylation sites (tertiary alicyclic amines) is 1. The van der Waals surface area contributed by atoms with E-state index >= 15 is 0 Å². The molecule has 0 amide bonds. The molecule has 1 nitrogen and oxygen atoms in total. The maximum Gasteiger partial charge on any atom is 0.0212 e. The zero-order chi connectivity index (χ0) is 9.19. The minimum Gasteiger partial charge on any atom is -0.301 e. The van der Waals surface area contributed by atoms with E-state index in [2.05, 4.69) is 18.9 Å². The Labute approximate surface area is 77.1 Å². The summed E-state index contributed by atoms with van der Waals surface area (Å²) >= 11 is 0. The highest BCUT2D eigenvalue weighted by atomic mass is 15.2. The Morgan fingerprint density at radius 3 is 2.17 bits per heavy atom. The van der Waals surface area contributed by atoms with Gasteiger partial charge in [-0.15, -0.1) is 0 Å². The third-order valence-corrected chi connectivity index (χ3v) is 3.40. The van der Waals surface area contributed by atoms with Crippen molar-refractivity contribution in [2.75, 3.05) is 13.6 Å². The molecule has 1 aliphatic carbocycles. The summed E-state index contributed by atoms with van der Waals surface area (Å²) in [7, 11) is 2.29. The van der Waals surface area contributed by atoms with Crippen LogP contribution in [0.25, 0.3) is 0 Å². The lowest BCUT2D eigenvalue weighted by Crippen LogP contribution is -2.51. The standard InChI is InChI=1S/C9H17N.C2H6/c1-8-6-9(7-8)4-3-5-10(9)2;1-2/h8H,3-7H2,1-2H3;1-2H3. The van der Waals surface area contributed by atoms with Crippen LogP contribution in [0.5, 0.6) is 0 Å². The van der Waals surface area contributed by atoms with Crippen molar-refractivity contribution >= 4 is 0 Å². The summed E-state index contributed by atoms with van der Waals surface area (Å²) in [4.78, 5) is 2.58. The molecule has 1 heterocycles. The van der Waals surface area contributed by atoms with Gasteiger partial charge in [0, 0.05) is 5.54 Å². The summed E-state index contributed by atoms with van der Waals surface area (Å²) < 4.78 is 0. The molecular weight excluding hydrogens is 146 g/mol. The van der Waals surface area contributed by atoms with Gasteiger partial charge in [-0.25, -0.2) is 0 Å². The molecule has 1 heteroatoms. The van der Waals surface area contributed by atoms with Crippen LogP contribution in [0.4, 0.5) is 0 Å². The summed E-state index contributed by atoms with van der Waals surface area (Å²) in [6.45, 7) is 7.71. The molecule has 1 saturated carbocycles. The van der Waals surface area contributed by atoms with E-state index in [1.807, 2.05) is 13.8 Å². The molecule has 0 aromatic rings. The lowest BCUT2D eigenvalue weighted by molar-refractivity contribution is 0.0329. The average molecular weight is 169 g/mol. The molecule has 2 rings (SSSR count). The van der Waals surface area contributed by atoms with Crippen molar-refractivity contribution in [1.29, 1.82) is 0 Å². The highest BCUT2D eigenvalue weighted by Gasteiger charge is 2.47. The van der Waals surface area contributed by atoms with Crippen LogP contribution in [0.2, 0.25) is 0 Å². The summed E-state index contributed by atoms with van der Waals surface area (Å²) in [6, 6.07) is 0. The largest absolute Gasteiger partial charge is 0.301 e. The highest BCUT2D eigenvalue weighted by molar-refractivity contribution is 5.03. The SMILES string of the molecule is CC.CC1CC2(CCCN2C)C1. The van der Waals surface area contributed by atoms with Gasteiger partial charge in [-0.3, -0.25) is 0 Å². The fourth-order valence-corrected chi connectivity index (χ4v) is 2.83. The topological polar surface area (TPSA) is 3.24 Å². The van der Waals surface area contributed by atoms with E-state index in [1.54, 1.807) is 0 Å². The minimum atomic E-state index is 0.680. The Kier molecular flexibility index (Phi) is 3.16. The second-order valence-electron chi connectivity index (χ2n) is 4.26. The van der Waals surface area contributed by atoms with Crippen molar-refractivity contribution in [3.63, 3.8) is 0 Å². The molecule has 1 aliphatic heterocycles. The molecule has 0 aromatic heterocycles. The first kappa shape index (κ1) is 10.0. The molecule has 1 spiro atoms. The lowest BCUT2D eigenvalue weighted by atomic mass is 9.68. The molecule has 0 bridgehead atoms. The maximum atomic E-state index is 2.58. The molecule has 0 aromatic carbocycles. The van der Waals surface area contributed by atoms with E-state index in [1.165, 1.54) is 32.2 Å². The monoisotopic (exact) mass is 169 g/mol.